The Morgan fingerprint density at radius 1 is 1.07 bits per heavy atom. The maximum Gasteiger partial charge on any atom is 0.243 e. The molecule has 152 valence electrons. The molecule has 0 fully saturated rings. The number of hydrogen-bond acceptors (Lipinski definition) is 4. The van der Waals surface area contributed by atoms with Crippen LogP contribution in [0.25, 0.3) is 0 Å². The van der Waals surface area contributed by atoms with Crippen LogP contribution in [-0.2, 0) is 20.6 Å². The van der Waals surface area contributed by atoms with Gasteiger partial charge in [0.1, 0.15) is 0 Å². The number of nitrogens with one attached hydrogen (secondary N) is 1. The first-order valence-corrected chi connectivity index (χ1v) is 12.0. The molecule has 28 heavy (non-hydrogen) atoms. The lowest BCUT2D eigenvalue weighted by atomic mass is 10.2. The van der Waals surface area contributed by atoms with Gasteiger partial charge in [0.05, 0.1) is 21.4 Å². The van der Waals surface area contributed by atoms with E-state index in [0.29, 0.717) is 23.9 Å². The molecule has 1 N–H and O–H groups in total. The van der Waals surface area contributed by atoms with Gasteiger partial charge in [-0.2, -0.15) is 4.31 Å². The third-order valence-corrected chi connectivity index (χ3v) is 7.73. The van der Waals surface area contributed by atoms with Crippen molar-refractivity contribution in [1.82, 2.24) is 4.31 Å². The zero-order chi connectivity index (χ0) is 20.7. The van der Waals surface area contributed by atoms with E-state index < -0.39 is 10.0 Å². The second kappa shape index (κ2) is 10.5. The Balaban J connectivity index is 2.05. The Hall–Kier alpha value is -1.25. The van der Waals surface area contributed by atoms with E-state index in [0.717, 1.165) is 5.56 Å². The van der Waals surface area contributed by atoms with Crippen LogP contribution in [0.1, 0.15) is 19.4 Å². The molecule has 0 aliphatic heterocycles. The highest BCUT2D eigenvalue weighted by Gasteiger charge is 2.22. The summed E-state index contributed by atoms with van der Waals surface area (Å²) >= 11 is 13.7. The van der Waals surface area contributed by atoms with E-state index in [4.69, 9.17) is 23.2 Å². The minimum absolute atomic E-state index is 0.0969. The van der Waals surface area contributed by atoms with Crippen LogP contribution in [-0.4, -0.2) is 37.5 Å². The Kier molecular flexibility index (Phi) is 8.64. The van der Waals surface area contributed by atoms with Gasteiger partial charge in [0.15, 0.2) is 0 Å². The van der Waals surface area contributed by atoms with E-state index >= 15 is 0 Å². The number of amides is 1. The lowest BCUT2D eigenvalue weighted by Crippen LogP contribution is -2.30. The van der Waals surface area contributed by atoms with Gasteiger partial charge in [0.25, 0.3) is 0 Å². The molecule has 0 aliphatic rings. The molecule has 0 saturated heterocycles. The number of halogens is 2. The number of rotatable bonds is 9. The van der Waals surface area contributed by atoms with Gasteiger partial charge < -0.3 is 5.32 Å². The number of benzene rings is 2. The Bertz CT molecular complexity index is 933. The van der Waals surface area contributed by atoms with Crippen molar-refractivity contribution in [3.8, 4) is 0 Å². The van der Waals surface area contributed by atoms with E-state index in [1.165, 1.54) is 34.3 Å². The average molecular weight is 461 g/mol. The Morgan fingerprint density at radius 2 is 1.75 bits per heavy atom. The number of hydrogen-bond donors (Lipinski definition) is 1. The summed E-state index contributed by atoms with van der Waals surface area (Å²) in [4.78, 5) is 12.4. The third kappa shape index (κ3) is 5.87. The smallest absolute Gasteiger partial charge is 0.243 e. The molecule has 5 nitrogen and oxygen atoms in total. The fraction of sp³-hybridized carbons (Fsp3) is 0.316. The number of nitrogens with zero attached hydrogens (tertiary/aromatic N) is 1. The zero-order valence-electron chi connectivity index (χ0n) is 15.6. The summed E-state index contributed by atoms with van der Waals surface area (Å²) in [7, 11) is -3.63. The van der Waals surface area contributed by atoms with Crippen LogP contribution < -0.4 is 5.32 Å². The lowest BCUT2D eigenvalue weighted by molar-refractivity contribution is -0.113. The van der Waals surface area contributed by atoms with Crippen LogP contribution >= 0.6 is 35.0 Å². The van der Waals surface area contributed by atoms with E-state index in [1.54, 1.807) is 19.9 Å². The minimum atomic E-state index is -3.63. The predicted octanol–water partition coefficient (Wildman–Crippen LogP) is 4.90. The van der Waals surface area contributed by atoms with E-state index in [-0.39, 0.29) is 27.3 Å². The largest absolute Gasteiger partial charge is 0.324 e. The molecule has 0 bridgehead atoms. The standard InChI is InChI=1S/C19H22Cl2N2O3S2/c1-3-23(4-2)28(25,26)15-9-10-17(21)18(11-15)22-19(24)13-27-12-14-7-5-6-8-16(14)20/h5-11H,3-4,12-13H2,1-2H3,(H,22,24). The molecule has 0 unspecified atom stereocenters. The highest BCUT2D eigenvalue weighted by atomic mass is 35.5. The van der Waals surface area contributed by atoms with E-state index in [2.05, 4.69) is 5.32 Å². The monoisotopic (exact) mass is 460 g/mol. The number of carbonyl (C=O) groups is 1. The van der Waals surface area contributed by atoms with Crippen LogP contribution in [0, 0.1) is 0 Å². The number of thioether (sulfide) groups is 1. The van der Waals surface area contributed by atoms with Crippen LogP contribution in [0.5, 0.6) is 0 Å². The first-order valence-electron chi connectivity index (χ1n) is 8.70. The van der Waals surface area contributed by atoms with Crippen LogP contribution in [0.15, 0.2) is 47.4 Å². The molecule has 0 spiro atoms. The van der Waals surface area contributed by atoms with Crippen LogP contribution in [0.2, 0.25) is 10.0 Å². The summed E-state index contributed by atoms with van der Waals surface area (Å²) in [6.45, 7) is 4.27. The molecule has 0 atom stereocenters. The number of carbonyl (C=O) groups excluding carboxylic acids is 1. The summed E-state index contributed by atoms with van der Waals surface area (Å²) in [5.41, 5.74) is 1.23. The first kappa shape index (κ1) is 23.0. The molecule has 0 aromatic heterocycles. The van der Waals surface area contributed by atoms with Crippen molar-refractivity contribution in [2.75, 3.05) is 24.2 Å². The molecule has 0 aliphatic carbocycles. The van der Waals surface area contributed by atoms with Crippen molar-refractivity contribution < 1.29 is 13.2 Å². The van der Waals surface area contributed by atoms with Gasteiger partial charge in [0, 0.05) is 23.9 Å². The van der Waals surface area contributed by atoms with Crippen molar-refractivity contribution in [2.45, 2.75) is 24.5 Å². The fourth-order valence-electron chi connectivity index (χ4n) is 2.53. The summed E-state index contributed by atoms with van der Waals surface area (Å²) in [6, 6.07) is 11.8. The third-order valence-electron chi connectivity index (χ3n) is 4.00. The lowest BCUT2D eigenvalue weighted by Gasteiger charge is -2.19. The molecular formula is C19H22Cl2N2O3S2. The topological polar surface area (TPSA) is 66.5 Å². The Morgan fingerprint density at radius 3 is 2.39 bits per heavy atom. The van der Waals surface area contributed by atoms with E-state index in [1.807, 2.05) is 18.2 Å². The maximum atomic E-state index is 12.7. The van der Waals surface area contributed by atoms with Gasteiger partial charge in [0.2, 0.25) is 15.9 Å². The van der Waals surface area contributed by atoms with Crippen molar-refractivity contribution in [3.63, 3.8) is 0 Å². The highest BCUT2D eigenvalue weighted by molar-refractivity contribution is 7.99. The molecule has 0 saturated carbocycles. The van der Waals surface area contributed by atoms with Crippen molar-refractivity contribution >= 4 is 56.6 Å². The van der Waals surface area contributed by atoms with Crippen molar-refractivity contribution in [2.24, 2.45) is 0 Å². The van der Waals surface area contributed by atoms with Gasteiger partial charge >= 0.3 is 0 Å². The summed E-state index contributed by atoms with van der Waals surface area (Å²) in [6.07, 6.45) is 0. The summed E-state index contributed by atoms with van der Waals surface area (Å²) in [5.74, 6) is 0.516. The number of anilines is 1. The normalized spacial score (nSPS) is 11.6. The quantitative estimate of drug-likeness (QED) is 0.577. The van der Waals surface area contributed by atoms with Gasteiger partial charge in [-0.3, -0.25) is 4.79 Å². The van der Waals surface area contributed by atoms with Crippen molar-refractivity contribution in [1.29, 1.82) is 0 Å². The molecule has 2 aromatic rings. The second-order valence-electron chi connectivity index (χ2n) is 5.86. The van der Waals surface area contributed by atoms with Gasteiger partial charge in [-0.05, 0) is 29.8 Å². The second-order valence-corrected chi connectivity index (χ2v) is 9.60. The molecule has 0 radical (unpaired) electrons. The van der Waals surface area contributed by atoms with Gasteiger partial charge in [-0.25, -0.2) is 8.42 Å². The molecule has 2 aromatic carbocycles. The summed E-state index contributed by atoms with van der Waals surface area (Å²) < 4.78 is 26.7. The SMILES string of the molecule is CCN(CC)S(=O)(=O)c1ccc(Cl)c(NC(=O)CSCc2ccccc2Cl)c1. The van der Waals surface area contributed by atoms with Gasteiger partial charge in [-0.15, -0.1) is 11.8 Å². The first-order chi connectivity index (χ1) is 13.3. The van der Waals surface area contributed by atoms with Crippen LogP contribution in [0.4, 0.5) is 5.69 Å². The maximum absolute atomic E-state index is 12.7. The van der Waals surface area contributed by atoms with Crippen molar-refractivity contribution in [3.05, 3.63) is 58.1 Å². The van der Waals surface area contributed by atoms with Crippen LogP contribution in [0.3, 0.4) is 0 Å². The number of sulfonamides is 1. The Labute approximate surface area is 180 Å². The predicted molar refractivity (Wildman–Crippen MR) is 118 cm³/mol. The van der Waals surface area contributed by atoms with E-state index in [9.17, 15) is 13.2 Å². The zero-order valence-corrected chi connectivity index (χ0v) is 18.8. The molecular weight excluding hydrogens is 439 g/mol. The average Bonchev–Trinajstić information content (AvgIpc) is 2.65. The summed E-state index contributed by atoms with van der Waals surface area (Å²) in [5, 5.41) is 3.63. The molecule has 9 heteroatoms. The molecule has 2 rings (SSSR count). The fourth-order valence-corrected chi connectivity index (χ4v) is 5.29. The van der Waals surface area contributed by atoms with Gasteiger partial charge in [-0.1, -0.05) is 55.2 Å². The minimum Gasteiger partial charge on any atom is -0.324 e. The molecule has 0 heterocycles. The molecule has 1 amide bonds. The highest BCUT2D eigenvalue weighted by Crippen LogP contribution is 2.27.